The Labute approximate surface area is 68.5 Å². The van der Waals surface area contributed by atoms with Gasteiger partial charge in [-0.15, -0.1) is 11.3 Å². The molecule has 0 fully saturated rings. The molecule has 0 N–H and O–H groups in total. The van der Waals surface area contributed by atoms with Crippen LogP contribution < -0.4 is 0 Å². The van der Waals surface area contributed by atoms with E-state index in [0.717, 1.165) is 10.6 Å². The molecule has 2 aromatic heterocycles. The molecule has 1 radical (unpaired) electrons. The molecule has 2 heterocycles. The topological polar surface area (TPSA) is 26.0 Å². The molecule has 2 aromatic rings. The maximum atomic E-state index is 5.01. The first-order valence-electron chi connectivity index (χ1n) is 3.25. The summed E-state index contributed by atoms with van der Waals surface area (Å²) in [4.78, 5) is 6.10. The Bertz CT molecular complexity index is 337. The summed E-state index contributed by atoms with van der Waals surface area (Å²) in [7, 11) is 0. The Balaban J connectivity index is 2.45. The van der Waals surface area contributed by atoms with Crippen LogP contribution in [-0.2, 0) is 0 Å². The molecule has 0 spiro atoms. The lowest BCUT2D eigenvalue weighted by atomic mass is 10.4. The zero-order valence-corrected chi connectivity index (χ0v) is 6.81. The fourth-order valence-corrected chi connectivity index (χ4v) is 1.68. The Kier molecular flexibility index (Phi) is 1.51. The number of hydrogen-bond donors (Lipinski definition) is 0. The van der Waals surface area contributed by atoms with Crippen LogP contribution in [0.25, 0.3) is 10.6 Å². The molecule has 55 valence electrons. The zero-order valence-electron chi connectivity index (χ0n) is 6.00. The van der Waals surface area contributed by atoms with Gasteiger partial charge in [-0.25, -0.2) is 4.98 Å². The second-order valence-electron chi connectivity index (χ2n) is 2.23. The van der Waals surface area contributed by atoms with Crippen molar-refractivity contribution >= 4 is 11.3 Å². The maximum absolute atomic E-state index is 5.01. The SMILES string of the molecule is Cc1ccc(-c2cn[c]o2)s1. The Hall–Kier alpha value is -1.09. The molecule has 2 nitrogen and oxygen atoms in total. The van der Waals surface area contributed by atoms with Gasteiger partial charge < -0.3 is 4.42 Å². The Morgan fingerprint density at radius 3 is 3.00 bits per heavy atom. The molecule has 2 rings (SSSR count). The van der Waals surface area contributed by atoms with E-state index < -0.39 is 0 Å². The van der Waals surface area contributed by atoms with E-state index in [9.17, 15) is 0 Å². The number of hydrogen-bond acceptors (Lipinski definition) is 3. The lowest BCUT2D eigenvalue weighted by Gasteiger charge is -1.84. The van der Waals surface area contributed by atoms with Gasteiger partial charge in [0.15, 0.2) is 5.76 Å². The lowest BCUT2D eigenvalue weighted by molar-refractivity contribution is 0.563. The normalized spacial score (nSPS) is 10.3. The number of nitrogens with zero attached hydrogens (tertiary/aromatic N) is 1. The average Bonchev–Trinajstić information content (AvgIpc) is 2.55. The van der Waals surface area contributed by atoms with Gasteiger partial charge in [-0.05, 0) is 19.1 Å². The van der Waals surface area contributed by atoms with Gasteiger partial charge in [0.1, 0.15) is 0 Å². The van der Waals surface area contributed by atoms with E-state index in [-0.39, 0.29) is 0 Å². The van der Waals surface area contributed by atoms with Gasteiger partial charge >= 0.3 is 0 Å². The highest BCUT2D eigenvalue weighted by molar-refractivity contribution is 7.15. The van der Waals surface area contributed by atoms with Crippen molar-refractivity contribution in [3.8, 4) is 10.6 Å². The summed E-state index contributed by atoms with van der Waals surface area (Å²) in [6.45, 7) is 2.06. The molecule has 0 atom stereocenters. The molecule has 0 saturated heterocycles. The Morgan fingerprint density at radius 1 is 1.55 bits per heavy atom. The minimum absolute atomic E-state index is 0.795. The summed E-state index contributed by atoms with van der Waals surface area (Å²) < 4.78 is 5.01. The van der Waals surface area contributed by atoms with E-state index >= 15 is 0 Å². The van der Waals surface area contributed by atoms with Crippen LogP contribution in [0, 0.1) is 13.3 Å². The van der Waals surface area contributed by atoms with Gasteiger partial charge in [-0.3, -0.25) is 0 Å². The van der Waals surface area contributed by atoms with Crippen molar-refractivity contribution in [2.45, 2.75) is 6.92 Å². The third kappa shape index (κ3) is 1.19. The lowest BCUT2D eigenvalue weighted by Crippen LogP contribution is -1.59. The van der Waals surface area contributed by atoms with Crippen LogP contribution in [0.4, 0.5) is 0 Å². The fraction of sp³-hybridized carbons (Fsp3) is 0.125. The second kappa shape index (κ2) is 2.51. The van der Waals surface area contributed by atoms with Crippen molar-refractivity contribution in [3.63, 3.8) is 0 Å². The van der Waals surface area contributed by atoms with E-state index in [2.05, 4.69) is 24.4 Å². The zero-order chi connectivity index (χ0) is 7.68. The summed E-state index contributed by atoms with van der Waals surface area (Å²) in [6.07, 6.45) is 4.09. The van der Waals surface area contributed by atoms with Crippen LogP contribution in [-0.4, -0.2) is 4.98 Å². The predicted octanol–water partition coefficient (Wildman–Crippen LogP) is 2.51. The van der Waals surface area contributed by atoms with Crippen LogP contribution in [0.5, 0.6) is 0 Å². The molecule has 0 aliphatic rings. The van der Waals surface area contributed by atoms with Gasteiger partial charge in [0, 0.05) is 4.88 Å². The second-order valence-corrected chi connectivity index (χ2v) is 3.51. The first-order chi connectivity index (χ1) is 5.36. The standard InChI is InChI=1S/C8H6NOS/c1-6-2-3-8(11-6)7-4-9-5-10-7/h2-4H,1H3. The Morgan fingerprint density at radius 2 is 2.45 bits per heavy atom. The van der Waals surface area contributed by atoms with E-state index in [1.807, 2.05) is 6.07 Å². The third-order valence-corrected chi connectivity index (χ3v) is 2.39. The van der Waals surface area contributed by atoms with Gasteiger partial charge in [0.05, 0.1) is 11.1 Å². The number of aromatic nitrogens is 1. The fourth-order valence-electron chi connectivity index (χ4n) is 0.868. The van der Waals surface area contributed by atoms with Crippen molar-refractivity contribution in [1.29, 1.82) is 0 Å². The third-order valence-electron chi connectivity index (χ3n) is 1.37. The summed E-state index contributed by atoms with van der Waals surface area (Å²) in [5, 5.41) is 0. The van der Waals surface area contributed by atoms with E-state index in [1.165, 1.54) is 4.88 Å². The van der Waals surface area contributed by atoms with Gasteiger partial charge in [-0.2, -0.15) is 0 Å². The number of aryl methyl sites for hydroxylation is 1. The monoisotopic (exact) mass is 164 g/mol. The molecule has 11 heavy (non-hydrogen) atoms. The quantitative estimate of drug-likeness (QED) is 0.647. The van der Waals surface area contributed by atoms with Gasteiger partial charge in [0.25, 0.3) is 6.39 Å². The van der Waals surface area contributed by atoms with Crippen molar-refractivity contribution in [3.05, 3.63) is 29.6 Å². The maximum Gasteiger partial charge on any atom is 0.284 e. The minimum Gasteiger partial charge on any atom is -0.432 e. The average molecular weight is 164 g/mol. The summed E-state index contributed by atoms with van der Waals surface area (Å²) in [5.41, 5.74) is 0. The smallest absolute Gasteiger partial charge is 0.284 e. The minimum atomic E-state index is 0.795. The highest BCUT2D eigenvalue weighted by Crippen LogP contribution is 2.26. The van der Waals surface area contributed by atoms with Crippen LogP contribution in [0.3, 0.4) is 0 Å². The molecule has 0 aliphatic carbocycles. The summed E-state index contributed by atoms with van der Waals surface area (Å²) in [5.74, 6) is 0.795. The largest absolute Gasteiger partial charge is 0.432 e. The van der Waals surface area contributed by atoms with Crippen LogP contribution in [0.15, 0.2) is 22.7 Å². The van der Waals surface area contributed by atoms with E-state index in [1.54, 1.807) is 17.5 Å². The predicted molar refractivity (Wildman–Crippen MR) is 43.4 cm³/mol. The molecule has 3 heteroatoms. The molecular formula is C8H6NOS. The molecule has 0 saturated carbocycles. The highest BCUT2D eigenvalue weighted by Gasteiger charge is 2.02. The van der Waals surface area contributed by atoms with Gasteiger partial charge in [-0.1, -0.05) is 0 Å². The number of oxazole rings is 1. The summed E-state index contributed by atoms with van der Waals surface area (Å²) >= 11 is 1.69. The van der Waals surface area contributed by atoms with Crippen LogP contribution in [0.2, 0.25) is 0 Å². The highest BCUT2D eigenvalue weighted by atomic mass is 32.1. The molecule has 0 unspecified atom stereocenters. The van der Waals surface area contributed by atoms with Crippen molar-refractivity contribution in [2.75, 3.05) is 0 Å². The van der Waals surface area contributed by atoms with Crippen LogP contribution >= 0.6 is 11.3 Å². The van der Waals surface area contributed by atoms with Crippen LogP contribution in [0.1, 0.15) is 4.88 Å². The first-order valence-corrected chi connectivity index (χ1v) is 4.06. The van der Waals surface area contributed by atoms with Crippen molar-refractivity contribution in [1.82, 2.24) is 4.98 Å². The number of rotatable bonds is 1. The van der Waals surface area contributed by atoms with Crippen molar-refractivity contribution in [2.24, 2.45) is 0 Å². The van der Waals surface area contributed by atoms with E-state index in [4.69, 9.17) is 4.42 Å². The summed E-state index contributed by atoms with van der Waals surface area (Å²) in [6, 6.07) is 4.08. The first kappa shape index (κ1) is 6.61. The molecule has 0 aliphatic heterocycles. The molecule has 0 aromatic carbocycles. The number of thiophene rings is 1. The molecule has 0 bridgehead atoms. The molecule has 0 amide bonds. The van der Waals surface area contributed by atoms with Gasteiger partial charge in [0.2, 0.25) is 0 Å². The van der Waals surface area contributed by atoms with E-state index in [0.29, 0.717) is 0 Å². The molecular weight excluding hydrogens is 158 g/mol. The van der Waals surface area contributed by atoms with Crippen molar-refractivity contribution < 1.29 is 4.42 Å².